The Hall–Kier alpha value is -3.43. The molecule has 36 heavy (non-hydrogen) atoms. The van der Waals surface area contributed by atoms with E-state index in [4.69, 9.17) is 4.98 Å². The van der Waals surface area contributed by atoms with Gasteiger partial charge in [-0.25, -0.2) is 14.4 Å². The van der Waals surface area contributed by atoms with E-state index < -0.39 is 0 Å². The van der Waals surface area contributed by atoms with Gasteiger partial charge >= 0.3 is 0 Å². The maximum absolute atomic E-state index is 13.4. The maximum Gasteiger partial charge on any atom is 0.204 e. The van der Waals surface area contributed by atoms with Crippen molar-refractivity contribution in [1.82, 2.24) is 24.0 Å². The summed E-state index contributed by atoms with van der Waals surface area (Å²) in [6.45, 7) is 8.97. The molecule has 4 N–H and O–H groups in total. The quantitative estimate of drug-likeness (QED) is 0.365. The molecule has 0 aliphatic carbocycles. The molecule has 5 rings (SSSR count). The van der Waals surface area contributed by atoms with Crippen LogP contribution in [0, 0.1) is 5.82 Å². The van der Waals surface area contributed by atoms with E-state index in [-0.39, 0.29) is 11.3 Å². The molecule has 1 aliphatic rings. The van der Waals surface area contributed by atoms with Gasteiger partial charge in [0.25, 0.3) is 0 Å². The van der Waals surface area contributed by atoms with E-state index in [1.165, 1.54) is 12.1 Å². The molecule has 1 aliphatic heterocycles. The lowest BCUT2D eigenvalue weighted by atomic mass is 10.1. The molecule has 0 amide bonds. The fourth-order valence-electron chi connectivity index (χ4n) is 4.79. The molecule has 0 unspecified atom stereocenters. The van der Waals surface area contributed by atoms with Gasteiger partial charge in [-0.1, -0.05) is 24.3 Å². The van der Waals surface area contributed by atoms with Crippen molar-refractivity contribution in [2.75, 3.05) is 36.8 Å². The highest BCUT2D eigenvalue weighted by Gasteiger charge is 2.21. The Kier molecular flexibility index (Phi) is 8.22. The number of imidazole rings is 2. The molecular formula is C27H36FN7O. The predicted octanol–water partition coefficient (Wildman–Crippen LogP) is 4.16. The first-order valence-corrected chi connectivity index (χ1v) is 12.5. The number of hydrogen-bond donors (Lipinski definition) is 2. The normalized spacial score (nSPS) is 14.8. The summed E-state index contributed by atoms with van der Waals surface area (Å²) < 4.78 is 17.8. The monoisotopic (exact) mass is 493 g/mol. The number of aromatic nitrogens is 4. The van der Waals surface area contributed by atoms with Crippen LogP contribution >= 0.6 is 0 Å². The summed E-state index contributed by atoms with van der Waals surface area (Å²) in [6.07, 6.45) is 6.01. The lowest BCUT2D eigenvalue weighted by molar-refractivity contribution is 0.226. The number of hydrogen-bond acceptors (Lipinski definition) is 5. The Labute approximate surface area is 211 Å². The fraction of sp³-hybridized carbons (Fsp3) is 0.407. The van der Waals surface area contributed by atoms with E-state index in [2.05, 4.69) is 49.6 Å². The molecule has 0 saturated carbocycles. The zero-order valence-electron chi connectivity index (χ0n) is 21.0. The van der Waals surface area contributed by atoms with Gasteiger partial charge in [-0.3, -0.25) is 0 Å². The lowest BCUT2D eigenvalue weighted by Crippen LogP contribution is -2.41. The first-order valence-electron chi connectivity index (χ1n) is 12.5. The fourth-order valence-corrected chi connectivity index (χ4v) is 4.79. The van der Waals surface area contributed by atoms with Gasteiger partial charge in [0.1, 0.15) is 5.82 Å². The van der Waals surface area contributed by atoms with Crippen LogP contribution in [0.25, 0.3) is 11.0 Å². The van der Waals surface area contributed by atoms with Crippen molar-refractivity contribution < 1.29 is 9.87 Å². The molecule has 2 aromatic heterocycles. The van der Waals surface area contributed by atoms with Crippen molar-refractivity contribution in [3.05, 3.63) is 72.3 Å². The van der Waals surface area contributed by atoms with E-state index in [1.807, 2.05) is 42.7 Å². The van der Waals surface area contributed by atoms with E-state index in [9.17, 15) is 4.39 Å². The molecule has 3 heterocycles. The molecule has 1 fully saturated rings. The second-order valence-corrected chi connectivity index (χ2v) is 9.58. The molecular weight excluding hydrogens is 457 g/mol. The third-order valence-electron chi connectivity index (χ3n) is 6.77. The minimum Gasteiger partial charge on any atom is -0.412 e. The Morgan fingerprint density at radius 2 is 1.78 bits per heavy atom. The lowest BCUT2D eigenvalue weighted by Gasteiger charge is -2.32. The van der Waals surface area contributed by atoms with Gasteiger partial charge in [0.15, 0.2) is 0 Å². The first kappa shape index (κ1) is 25.7. The number of rotatable bonds is 9. The predicted molar refractivity (Wildman–Crippen MR) is 143 cm³/mol. The minimum absolute atomic E-state index is 0. The standard InChI is InChI=1S/C27H34FN7.H2O/c1-20(2)34-18-14-30-26(34)29-13-17-33-15-11-23(12-16-33)31-27-32-24-5-3-4-6-25(24)35(27)19-21-7-9-22(28)10-8-21;/h3-10,14,18,20,23H,11-13,15-17,19H2,1-2H3,(H,29,30)(H,31,32);1H2. The molecule has 0 radical (unpaired) electrons. The van der Waals surface area contributed by atoms with Crippen LogP contribution in [0.15, 0.2) is 60.9 Å². The third-order valence-corrected chi connectivity index (χ3v) is 6.77. The summed E-state index contributed by atoms with van der Waals surface area (Å²) in [5.41, 5.74) is 3.11. The van der Waals surface area contributed by atoms with Crippen LogP contribution < -0.4 is 10.6 Å². The van der Waals surface area contributed by atoms with Gasteiger partial charge in [0.05, 0.1) is 17.6 Å². The van der Waals surface area contributed by atoms with Gasteiger partial charge in [-0.15, -0.1) is 0 Å². The number of likely N-dealkylation sites (tertiary alicyclic amines) is 1. The second kappa shape index (κ2) is 11.5. The van der Waals surface area contributed by atoms with Crippen LogP contribution in [0.5, 0.6) is 0 Å². The van der Waals surface area contributed by atoms with Crippen LogP contribution in [0.2, 0.25) is 0 Å². The summed E-state index contributed by atoms with van der Waals surface area (Å²) in [6, 6.07) is 15.7. The summed E-state index contributed by atoms with van der Waals surface area (Å²) in [5.74, 6) is 1.61. The van der Waals surface area contributed by atoms with Crippen LogP contribution in [-0.2, 0) is 6.54 Å². The van der Waals surface area contributed by atoms with Crippen LogP contribution in [-0.4, -0.2) is 61.7 Å². The van der Waals surface area contributed by atoms with Gasteiger partial charge in [0.2, 0.25) is 11.9 Å². The highest BCUT2D eigenvalue weighted by atomic mass is 19.1. The smallest absolute Gasteiger partial charge is 0.204 e. The van der Waals surface area contributed by atoms with Crippen molar-refractivity contribution in [2.45, 2.75) is 45.3 Å². The highest BCUT2D eigenvalue weighted by Crippen LogP contribution is 2.24. The molecule has 9 heteroatoms. The van der Waals surface area contributed by atoms with Crippen molar-refractivity contribution in [3.63, 3.8) is 0 Å². The largest absolute Gasteiger partial charge is 0.412 e. The average Bonchev–Trinajstić information content (AvgIpc) is 3.47. The zero-order valence-corrected chi connectivity index (χ0v) is 21.0. The van der Waals surface area contributed by atoms with Crippen molar-refractivity contribution in [1.29, 1.82) is 0 Å². The average molecular weight is 494 g/mol. The number of halogens is 1. The Morgan fingerprint density at radius 1 is 1.03 bits per heavy atom. The molecule has 0 spiro atoms. The number of para-hydroxylation sites is 2. The van der Waals surface area contributed by atoms with E-state index in [1.54, 1.807) is 0 Å². The number of nitrogens with zero attached hydrogens (tertiary/aromatic N) is 5. The van der Waals surface area contributed by atoms with E-state index in [0.717, 1.165) is 67.5 Å². The van der Waals surface area contributed by atoms with E-state index >= 15 is 0 Å². The molecule has 0 atom stereocenters. The van der Waals surface area contributed by atoms with Crippen LogP contribution in [0.1, 0.15) is 38.3 Å². The molecule has 4 aromatic rings. The summed E-state index contributed by atoms with van der Waals surface area (Å²) in [5, 5.41) is 7.19. The molecule has 1 saturated heterocycles. The highest BCUT2D eigenvalue weighted by molar-refractivity contribution is 5.78. The summed E-state index contributed by atoms with van der Waals surface area (Å²) >= 11 is 0. The number of nitrogens with one attached hydrogen (secondary N) is 2. The van der Waals surface area contributed by atoms with E-state index in [0.29, 0.717) is 18.6 Å². The minimum atomic E-state index is -0.213. The van der Waals surface area contributed by atoms with Gasteiger partial charge in [-0.2, -0.15) is 0 Å². The summed E-state index contributed by atoms with van der Waals surface area (Å²) in [4.78, 5) is 11.8. The number of fused-ring (bicyclic) bond motifs is 1. The van der Waals surface area contributed by atoms with Crippen LogP contribution in [0.4, 0.5) is 16.3 Å². The van der Waals surface area contributed by atoms with Gasteiger partial charge in [-0.05, 0) is 56.5 Å². The van der Waals surface area contributed by atoms with Crippen LogP contribution in [0.3, 0.4) is 0 Å². The van der Waals surface area contributed by atoms with Crippen molar-refractivity contribution in [3.8, 4) is 0 Å². The Morgan fingerprint density at radius 3 is 2.53 bits per heavy atom. The zero-order chi connectivity index (χ0) is 24.2. The maximum atomic E-state index is 13.4. The molecule has 0 bridgehead atoms. The Balaban J connectivity index is 0.00000304. The molecule has 192 valence electrons. The number of anilines is 2. The second-order valence-electron chi connectivity index (χ2n) is 9.58. The van der Waals surface area contributed by atoms with Crippen molar-refractivity contribution in [2.24, 2.45) is 0 Å². The number of benzene rings is 2. The molecule has 2 aromatic carbocycles. The van der Waals surface area contributed by atoms with Gasteiger partial charge < -0.3 is 30.1 Å². The van der Waals surface area contributed by atoms with Crippen molar-refractivity contribution >= 4 is 22.9 Å². The third kappa shape index (κ3) is 5.85. The van der Waals surface area contributed by atoms with Gasteiger partial charge in [0, 0.05) is 50.7 Å². The first-order chi connectivity index (χ1) is 17.1. The Bertz CT molecular complexity index is 1240. The topological polar surface area (TPSA) is 94.4 Å². The SMILES string of the molecule is CC(C)n1ccnc1NCCN1CCC(Nc2nc3ccccc3n2Cc2ccc(F)cc2)CC1.O. The number of piperidine rings is 1. The molecule has 8 nitrogen and oxygen atoms in total. The summed E-state index contributed by atoms with van der Waals surface area (Å²) in [7, 11) is 0.